The Morgan fingerprint density at radius 2 is 2.27 bits per heavy atom. The maximum atomic E-state index is 13.8. The van der Waals surface area contributed by atoms with Gasteiger partial charge in [0.15, 0.2) is 0 Å². The quantitative estimate of drug-likeness (QED) is 0.721. The highest BCUT2D eigenvalue weighted by Crippen LogP contribution is 2.24. The number of nitrogens with zero attached hydrogens (tertiary/aromatic N) is 2. The van der Waals surface area contributed by atoms with Gasteiger partial charge in [-0.25, -0.2) is 12.8 Å². The van der Waals surface area contributed by atoms with E-state index in [1.54, 1.807) is 11.3 Å². The molecule has 4 nitrogen and oxygen atoms in total. The van der Waals surface area contributed by atoms with Gasteiger partial charge in [0.2, 0.25) is 0 Å². The van der Waals surface area contributed by atoms with E-state index in [1.165, 1.54) is 11.1 Å². The summed E-state index contributed by atoms with van der Waals surface area (Å²) >= 11 is 1.70. The van der Waals surface area contributed by atoms with Crippen LogP contribution in [0.5, 0.6) is 0 Å². The van der Waals surface area contributed by atoms with Crippen molar-refractivity contribution in [3.05, 3.63) is 22.4 Å². The summed E-state index contributed by atoms with van der Waals surface area (Å²) in [5, 5.41) is 2.05. The normalized spacial score (nSPS) is 23.5. The molecule has 0 amide bonds. The van der Waals surface area contributed by atoms with Crippen LogP contribution in [0.1, 0.15) is 17.7 Å². The van der Waals surface area contributed by atoms with Crippen molar-refractivity contribution in [2.45, 2.75) is 31.6 Å². The van der Waals surface area contributed by atoms with Crippen molar-refractivity contribution in [3.63, 3.8) is 0 Å². The van der Waals surface area contributed by atoms with E-state index in [2.05, 4.69) is 15.9 Å². The molecule has 0 aliphatic carbocycles. The minimum absolute atomic E-state index is 0.209. The predicted octanol–water partition coefficient (Wildman–Crippen LogP) is 2.03. The van der Waals surface area contributed by atoms with Crippen molar-refractivity contribution < 1.29 is 12.8 Å². The summed E-state index contributed by atoms with van der Waals surface area (Å²) in [6.45, 7) is 2.82. The molecule has 1 aromatic heterocycles. The van der Waals surface area contributed by atoms with E-state index in [0.717, 1.165) is 19.6 Å². The first-order valence-corrected chi connectivity index (χ1v) is 10.5. The highest BCUT2D eigenvalue weighted by molar-refractivity contribution is 7.90. The van der Waals surface area contributed by atoms with Gasteiger partial charge in [0.1, 0.15) is 16.0 Å². The molecule has 0 bridgehead atoms. The number of thiophene rings is 1. The summed E-state index contributed by atoms with van der Waals surface area (Å²) in [5.74, 6) is 0.215. The Bertz CT molecular complexity index is 548. The van der Waals surface area contributed by atoms with E-state index in [-0.39, 0.29) is 11.8 Å². The van der Waals surface area contributed by atoms with Gasteiger partial charge >= 0.3 is 0 Å². The molecule has 7 heteroatoms. The highest BCUT2D eigenvalue weighted by atomic mass is 32.2. The number of alkyl halides is 1. The summed E-state index contributed by atoms with van der Waals surface area (Å²) in [5.41, 5.74) is 0. The van der Waals surface area contributed by atoms with E-state index >= 15 is 0 Å². The molecule has 0 aromatic carbocycles. The van der Waals surface area contributed by atoms with Crippen LogP contribution in [0.25, 0.3) is 0 Å². The van der Waals surface area contributed by atoms with E-state index < -0.39 is 16.0 Å². The number of hydrogen-bond acceptors (Lipinski definition) is 5. The second-order valence-electron chi connectivity index (χ2n) is 6.24. The lowest BCUT2D eigenvalue weighted by Gasteiger charge is -2.28. The molecule has 0 saturated carbocycles. The van der Waals surface area contributed by atoms with Gasteiger partial charge in [-0.1, -0.05) is 6.07 Å². The zero-order chi connectivity index (χ0) is 16.2. The Labute approximate surface area is 136 Å². The predicted molar refractivity (Wildman–Crippen MR) is 89.9 cm³/mol. The molecule has 0 N–H and O–H groups in total. The monoisotopic (exact) mass is 348 g/mol. The lowest BCUT2D eigenvalue weighted by molar-refractivity contribution is 0.185. The van der Waals surface area contributed by atoms with E-state index in [0.29, 0.717) is 19.4 Å². The second kappa shape index (κ2) is 7.86. The molecule has 0 unspecified atom stereocenters. The van der Waals surface area contributed by atoms with Gasteiger partial charge < -0.3 is 4.90 Å². The molecule has 0 radical (unpaired) electrons. The van der Waals surface area contributed by atoms with Crippen LogP contribution in [0.15, 0.2) is 17.5 Å². The maximum Gasteiger partial charge on any atom is 0.147 e. The largest absolute Gasteiger partial charge is 0.305 e. The zero-order valence-corrected chi connectivity index (χ0v) is 14.9. The fraction of sp³-hybridized carbons (Fsp3) is 0.733. The molecule has 1 aliphatic heterocycles. The average Bonchev–Trinajstić information content (AvgIpc) is 2.99. The molecule has 22 heavy (non-hydrogen) atoms. The summed E-state index contributed by atoms with van der Waals surface area (Å²) in [6.07, 6.45) is 1.71. The number of hydrogen-bond donors (Lipinski definition) is 0. The Morgan fingerprint density at radius 3 is 2.91 bits per heavy atom. The van der Waals surface area contributed by atoms with Crippen LogP contribution >= 0.6 is 11.3 Å². The van der Waals surface area contributed by atoms with E-state index in [1.807, 2.05) is 18.5 Å². The number of likely N-dealkylation sites (tertiary alicyclic amines) is 1. The van der Waals surface area contributed by atoms with Crippen LogP contribution in [-0.2, 0) is 16.4 Å². The molecule has 126 valence electrons. The molecule has 2 rings (SSSR count). The summed E-state index contributed by atoms with van der Waals surface area (Å²) in [7, 11) is -0.913. The van der Waals surface area contributed by atoms with Crippen molar-refractivity contribution in [1.82, 2.24) is 9.80 Å². The van der Waals surface area contributed by atoms with Crippen LogP contribution < -0.4 is 0 Å². The van der Waals surface area contributed by atoms with Crippen molar-refractivity contribution in [3.8, 4) is 0 Å². The third kappa shape index (κ3) is 5.95. The molecular weight excluding hydrogens is 323 g/mol. The summed E-state index contributed by atoms with van der Waals surface area (Å²) < 4.78 is 36.1. The van der Waals surface area contributed by atoms with Crippen molar-refractivity contribution in [2.75, 3.05) is 38.7 Å². The van der Waals surface area contributed by atoms with Gasteiger partial charge in [-0.05, 0) is 37.9 Å². The second-order valence-corrected chi connectivity index (χ2v) is 9.53. The molecule has 1 saturated heterocycles. The number of halogens is 1. The van der Waals surface area contributed by atoms with Gasteiger partial charge in [-0.15, -0.1) is 11.3 Å². The third-order valence-electron chi connectivity index (χ3n) is 3.99. The molecule has 0 spiro atoms. The van der Waals surface area contributed by atoms with Crippen LogP contribution in [0.4, 0.5) is 4.39 Å². The Balaban J connectivity index is 1.81. The van der Waals surface area contributed by atoms with Crippen molar-refractivity contribution in [2.24, 2.45) is 0 Å². The van der Waals surface area contributed by atoms with Crippen LogP contribution in [-0.4, -0.2) is 69.1 Å². The van der Waals surface area contributed by atoms with Gasteiger partial charge in [-0.3, -0.25) is 4.90 Å². The van der Waals surface area contributed by atoms with Gasteiger partial charge in [-0.2, -0.15) is 0 Å². The maximum absolute atomic E-state index is 13.8. The topological polar surface area (TPSA) is 40.6 Å². The molecular formula is C15H25FN2O2S2. The Hall–Kier alpha value is -0.500. The van der Waals surface area contributed by atoms with Crippen molar-refractivity contribution >= 4 is 21.2 Å². The minimum Gasteiger partial charge on any atom is -0.305 e. The first-order valence-electron chi connectivity index (χ1n) is 7.60. The smallest absolute Gasteiger partial charge is 0.147 e. The van der Waals surface area contributed by atoms with E-state index in [9.17, 15) is 12.8 Å². The van der Waals surface area contributed by atoms with E-state index in [4.69, 9.17) is 0 Å². The molecule has 2 heterocycles. The van der Waals surface area contributed by atoms with Gasteiger partial charge in [0, 0.05) is 36.8 Å². The van der Waals surface area contributed by atoms with Crippen molar-refractivity contribution in [1.29, 1.82) is 0 Å². The van der Waals surface area contributed by atoms with Crippen LogP contribution in [0.2, 0.25) is 0 Å². The summed E-state index contributed by atoms with van der Waals surface area (Å²) in [4.78, 5) is 5.60. The molecule has 2 atom stereocenters. The number of likely N-dealkylation sites (N-methyl/N-ethyl adjacent to an activating group) is 1. The lowest BCUT2D eigenvalue weighted by atomic mass is 10.2. The minimum atomic E-state index is -2.90. The lowest BCUT2D eigenvalue weighted by Crippen LogP contribution is -2.38. The molecule has 1 fully saturated rings. The zero-order valence-electron chi connectivity index (χ0n) is 13.2. The first-order chi connectivity index (χ1) is 10.3. The first kappa shape index (κ1) is 17.8. The molecule has 1 aromatic rings. The van der Waals surface area contributed by atoms with Gasteiger partial charge in [0.25, 0.3) is 0 Å². The SMILES string of the molecule is CN(CCCS(C)(=O)=O)C[C@@H]1C[C@H](F)CN1Cc1cccs1. The Kier molecular flexibility index (Phi) is 6.37. The molecule has 1 aliphatic rings. The Morgan fingerprint density at radius 1 is 1.50 bits per heavy atom. The fourth-order valence-electron chi connectivity index (χ4n) is 2.96. The standard InChI is InChI=1S/C15H25FN2O2S2/c1-17(6-4-8-22(2,19)20)11-14-9-13(16)10-18(14)12-15-5-3-7-21-15/h3,5,7,13-14H,4,6,8-12H2,1-2H3/t13-,14-/m0/s1. The summed E-state index contributed by atoms with van der Waals surface area (Å²) in [6, 6.07) is 4.32. The van der Waals surface area contributed by atoms with Crippen LogP contribution in [0.3, 0.4) is 0 Å². The van der Waals surface area contributed by atoms with Gasteiger partial charge in [0.05, 0.1) is 5.75 Å². The van der Waals surface area contributed by atoms with Crippen LogP contribution in [0, 0.1) is 0 Å². The third-order valence-corrected chi connectivity index (χ3v) is 5.88. The average molecular weight is 349 g/mol. The number of rotatable bonds is 8. The highest BCUT2D eigenvalue weighted by Gasteiger charge is 2.32. The fourth-order valence-corrected chi connectivity index (χ4v) is 4.34. The number of sulfone groups is 1.